The molecule has 0 aromatic heterocycles. The molecule has 126 valence electrons. The fourth-order valence-corrected chi connectivity index (χ4v) is 2.63. The molecule has 1 rings (SSSR count). The van der Waals surface area contributed by atoms with E-state index in [2.05, 4.69) is 6.92 Å². The molecule has 0 aliphatic heterocycles. The third-order valence-electron chi connectivity index (χ3n) is 3.93. The van der Waals surface area contributed by atoms with Crippen LogP contribution in [0, 0.1) is 0 Å². The Labute approximate surface area is 134 Å². The molecule has 0 spiro atoms. The van der Waals surface area contributed by atoms with Crippen molar-refractivity contribution in [2.45, 2.75) is 83.7 Å². The summed E-state index contributed by atoms with van der Waals surface area (Å²) in [7, 11) is 0. The first kappa shape index (κ1) is 18.7. The molecule has 0 amide bonds. The lowest BCUT2D eigenvalue weighted by Crippen LogP contribution is -2.16. The summed E-state index contributed by atoms with van der Waals surface area (Å²) in [5, 5.41) is 0. The van der Waals surface area contributed by atoms with Crippen molar-refractivity contribution in [1.82, 2.24) is 0 Å². The van der Waals surface area contributed by atoms with Gasteiger partial charge in [0.25, 0.3) is 0 Å². The van der Waals surface area contributed by atoms with Gasteiger partial charge in [0, 0.05) is 12.2 Å². The lowest BCUT2D eigenvalue weighted by Gasteiger charge is -2.13. The second-order valence-electron chi connectivity index (χ2n) is 5.97. The monoisotopic (exact) mass is 310 g/mol. The quantitative estimate of drug-likeness (QED) is 0.275. The van der Waals surface area contributed by atoms with Crippen molar-refractivity contribution >= 4 is 11.9 Å². The molecule has 0 aromatic carbocycles. The summed E-state index contributed by atoms with van der Waals surface area (Å²) in [5.74, 6) is -0.903. The summed E-state index contributed by atoms with van der Waals surface area (Å²) in [6.45, 7) is 2.59. The molecule has 0 unspecified atom stereocenters. The van der Waals surface area contributed by atoms with E-state index < -0.39 is 11.9 Å². The van der Waals surface area contributed by atoms with Crippen LogP contribution >= 0.6 is 0 Å². The number of carbonyl (C=O) groups excluding carboxylic acids is 2. The van der Waals surface area contributed by atoms with Crippen LogP contribution in [-0.2, 0) is 19.1 Å². The van der Waals surface area contributed by atoms with E-state index in [0.29, 0.717) is 6.61 Å². The fourth-order valence-electron chi connectivity index (χ4n) is 2.63. The average Bonchev–Trinajstić information content (AvgIpc) is 2.77. The molecular weight excluding hydrogens is 280 g/mol. The Morgan fingerprint density at radius 2 is 1.55 bits per heavy atom. The summed E-state index contributed by atoms with van der Waals surface area (Å²) in [6.07, 6.45) is 14.4. The highest BCUT2D eigenvalue weighted by Crippen LogP contribution is 2.19. The molecule has 1 saturated carbocycles. The highest BCUT2D eigenvalue weighted by atomic mass is 16.5. The van der Waals surface area contributed by atoms with E-state index in [4.69, 9.17) is 9.47 Å². The maximum absolute atomic E-state index is 11.7. The number of unbranched alkanes of at least 4 members (excludes halogenated alkanes) is 4. The Bertz CT molecular complexity index is 341. The number of ether oxygens (including phenoxy) is 2. The molecule has 22 heavy (non-hydrogen) atoms. The minimum Gasteiger partial charge on any atom is -0.463 e. The second kappa shape index (κ2) is 12.2. The van der Waals surface area contributed by atoms with E-state index in [1.165, 1.54) is 44.3 Å². The van der Waals surface area contributed by atoms with Crippen molar-refractivity contribution in [2.75, 3.05) is 6.61 Å². The van der Waals surface area contributed by atoms with Gasteiger partial charge in [-0.3, -0.25) is 0 Å². The molecule has 4 nitrogen and oxygen atoms in total. The van der Waals surface area contributed by atoms with Crippen LogP contribution in [0.1, 0.15) is 77.6 Å². The first-order valence-electron chi connectivity index (χ1n) is 8.78. The number of hydrogen-bond acceptors (Lipinski definition) is 4. The first-order chi connectivity index (χ1) is 10.7. The number of esters is 2. The zero-order chi connectivity index (χ0) is 16.0. The van der Waals surface area contributed by atoms with Crippen LogP contribution in [0.15, 0.2) is 12.2 Å². The van der Waals surface area contributed by atoms with E-state index in [1.807, 2.05) is 0 Å². The van der Waals surface area contributed by atoms with Gasteiger partial charge in [0.05, 0.1) is 6.61 Å². The third-order valence-corrected chi connectivity index (χ3v) is 3.93. The fraction of sp³-hybridized carbons (Fsp3) is 0.778. The van der Waals surface area contributed by atoms with Crippen LogP contribution in [-0.4, -0.2) is 24.6 Å². The largest absolute Gasteiger partial charge is 0.463 e. The van der Waals surface area contributed by atoms with Crippen molar-refractivity contribution in [2.24, 2.45) is 0 Å². The average molecular weight is 310 g/mol. The predicted molar refractivity (Wildman–Crippen MR) is 86.4 cm³/mol. The predicted octanol–water partition coefficient (Wildman–Crippen LogP) is 4.32. The Balaban J connectivity index is 2.11. The maximum Gasteiger partial charge on any atom is 0.331 e. The minimum absolute atomic E-state index is 0.00855. The van der Waals surface area contributed by atoms with Crippen LogP contribution in [0.3, 0.4) is 0 Å². The molecule has 1 fully saturated rings. The summed E-state index contributed by atoms with van der Waals surface area (Å²) in [5.41, 5.74) is 0. The van der Waals surface area contributed by atoms with E-state index in [0.717, 1.165) is 38.5 Å². The van der Waals surface area contributed by atoms with Crippen molar-refractivity contribution < 1.29 is 19.1 Å². The molecule has 0 heterocycles. The van der Waals surface area contributed by atoms with Gasteiger partial charge in [0.2, 0.25) is 0 Å². The molecule has 1 aliphatic rings. The molecule has 0 atom stereocenters. The summed E-state index contributed by atoms with van der Waals surface area (Å²) in [6, 6.07) is 0. The van der Waals surface area contributed by atoms with Crippen molar-refractivity contribution in [1.29, 1.82) is 0 Å². The van der Waals surface area contributed by atoms with Gasteiger partial charge < -0.3 is 9.47 Å². The van der Waals surface area contributed by atoms with Gasteiger partial charge in [-0.25, -0.2) is 9.59 Å². The molecule has 1 aliphatic carbocycles. The van der Waals surface area contributed by atoms with E-state index >= 15 is 0 Å². The maximum atomic E-state index is 11.7. The van der Waals surface area contributed by atoms with Gasteiger partial charge in [0.15, 0.2) is 0 Å². The van der Waals surface area contributed by atoms with Crippen LogP contribution in [0.4, 0.5) is 0 Å². The molecular formula is C18H30O4. The zero-order valence-corrected chi connectivity index (χ0v) is 13.9. The molecule has 4 heteroatoms. The van der Waals surface area contributed by atoms with Gasteiger partial charge in [-0.1, -0.05) is 45.4 Å². The zero-order valence-electron chi connectivity index (χ0n) is 13.9. The van der Waals surface area contributed by atoms with Crippen LogP contribution in [0.25, 0.3) is 0 Å². The lowest BCUT2D eigenvalue weighted by molar-refractivity contribution is -0.144. The van der Waals surface area contributed by atoms with E-state index in [1.54, 1.807) is 0 Å². The Morgan fingerprint density at radius 3 is 2.23 bits per heavy atom. The topological polar surface area (TPSA) is 52.6 Å². The normalized spacial score (nSPS) is 16.4. The van der Waals surface area contributed by atoms with Gasteiger partial charge in [-0.05, 0) is 32.1 Å². The Morgan fingerprint density at radius 1 is 0.909 bits per heavy atom. The number of hydrogen-bond donors (Lipinski definition) is 0. The molecule has 0 N–H and O–H groups in total. The summed E-state index contributed by atoms with van der Waals surface area (Å²) >= 11 is 0. The van der Waals surface area contributed by atoms with Crippen molar-refractivity contribution in [3.05, 3.63) is 12.2 Å². The van der Waals surface area contributed by atoms with Gasteiger partial charge in [-0.15, -0.1) is 0 Å². The number of rotatable bonds is 9. The van der Waals surface area contributed by atoms with E-state index in [-0.39, 0.29) is 6.10 Å². The lowest BCUT2D eigenvalue weighted by atomic mass is 10.1. The highest BCUT2D eigenvalue weighted by Gasteiger charge is 2.15. The van der Waals surface area contributed by atoms with Crippen LogP contribution in [0.5, 0.6) is 0 Å². The minimum atomic E-state index is -0.465. The van der Waals surface area contributed by atoms with Crippen molar-refractivity contribution in [3.8, 4) is 0 Å². The molecule has 0 bridgehead atoms. The Kier molecular flexibility index (Phi) is 10.4. The molecule has 0 aromatic rings. The van der Waals surface area contributed by atoms with Crippen molar-refractivity contribution in [3.63, 3.8) is 0 Å². The van der Waals surface area contributed by atoms with Gasteiger partial charge in [0.1, 0.15) is 6.10 Å². The molecule has 0 radical (unpaired) electrons. The highest BCUT2D eigenvalue weighted by molar-refractivity contribution is 5.91. The smallest absolute Gasteiger partial charge is 0.331 e. The van der Waals surface area contributed by atoms with Gasteiger partial charge in [-0.2, -0.15) is 0 Å². The second-order valence-corrected chi connectivity index (χ2v) is 5.97. The van der Waals surface area contributed by atoms with Gasteiger partial charge >= 0.3 is 11.9 Å². The Hall–Kier alpha value is -1.32. The molecule has 0 saturated heterocycles. The third kappa shape index (κ3) is 9.59. The standard InChI is InChI=1S/C18H30O4/c1-2-3-4-7-10-15-21-17(19)13-14-18(20)22-16-11-8-5-6-9-12-16/h13-14,16H,2-12,15H2,1H3/b14-13+. The van der Waals surface area contributed by atoms with Crippen LogP contribution < -0.4 is 0 Å². The SMILES string of the molecule is CCCCCCCOC(=O)/C=C/C(=O)OC1CCCCCC1. The first-order valence-corrected chi connectivity index (χ1v) is 8.78. The van der Waals surface area contributed by atoms with Crippen LogP contribution in [0.2, 0.25) is 0 Å². The van der Waals surface area contributed by atoms with E-state index in [9.17, 15) is 9.59 Å². The summed E-state index contributed by atoms with van der Waals surface area (Å²) < 4.78 is 10.4. The number of carbonyl (C=O) groups is 2. The summed E-state index contributed by atoms with van der Waals surface area (Å²) in [4.78, 5) is 23.1.